The molecule has 202 valence electrons. The van der Waals surface area contributed by atoms with Crippen molar-refractivity contribution in [3.63, 3.8) is 0 Å². The number of rotatable bonds is 11. The molecule has 0 aliphatic carbocycles. The van der Waals surface area contributed by atoms with E-state index in [9.17, 15) is 14.9 Å². The Morgan fingerprint density at radius 2 is 1.90 bits per heavy atom. The summed E-state index contributed by atoms with van der Waals surface area (Å²) in [4.78, 5) is 23.1. The molecule has 1 N–H and O–H groups in total. The number of anilines is 1. The normalized spacial score (nSPS) is 11.8. The van der Waals surface area contributed by atoms with Crippen molar-refractivity contribution in [3.05, 3.63) is 122 Å². The van der Waals surface area contributed by atoms with Crippen molar-refractivity contribution in [1.82, 2.24) is 4.57 Å². The van der Waals surface area contributed by atoms with Gasteiger partial charge in [-0.25, -0.2) is 9.13 Å². The average molecular weight is 568 g/mol. The molecule has 0 spiro atoms. The number of carbonyl (C=O) groups is 1. The van der Waals surface area contributed by atoms with E-state index in [0.29, 0.717) is 29.7 Å². The number of imidazole rings is 1. The number of nitro benzene ring substituents is 1. The van der Waals surface area contributed by atoms with Gasteiger partial charge in [0, 0.05) is 21.7 Å². The van der Waals surface area contributed by atoms with E-state index in [1.54, 1.807) is 24.3 Å². The van der Waals surface area contributed by atoms with E-state index in [0.717, 1.165) is 11.1 Å². The molecule has 0 saturated heterocycles. The Morgan fingerprint density at radius 1 is 1.10 bits per heavy atom. The monoisotopic (exact) mass is 567 g/mol. The molecule has 1 atom stereocenters. The Kier molecular flexibility index (Phi) is 9.35. The summed E-state index contributed by atoms with van der Waals surface area (Å²) in [5.74, 6) is -0.313. The fraction of sp³-hybridized carbons (Fsp3) is 0.241. The summed E-state index contributed by atoms with van der Waals surface area (Å²) < 4.78 is 10.2. The van der Waals surface area contributed by atoms with Crippen molar-refractivity contribution in [2.24, 2.45) is 0 Å². The minimum absolute atomic E-state index is 0.141. The summed E-state index contributed by atoms with van der Waals surface area (Å²) in [5, 5.41) is 14.9. The molecule has 3 aromatic carbocycles. The topological polar surface area (TPSA) is 90.3 Å². The third kappa shape index (κ3) is 7.66. The predicted molar refractivity (Wildman–Crippen MR) is 151 cm³/mol. The first-order valence-corrected chi connectivity index (χ1v) is 13.2. The molecule has 4 aromatic rings. The van der Waals surface area contributed by atoms with Gasteiger partial charge < -0.3 is 10.1 Å². The average Bonchev–Trinajstić information content (AvgIpc) is 3.35. The van der Waals surface area contributed by atoms with Crippen molar-refractivity contribution in [2.45, 2.75) is 46.1 Å². The van der Waals surface area contributed by atoms with Gasteiger partial charge in [-0.1, -0.05) is 59.6 Å². The summed E-state index contributed by atoms with van der Waals surface area (Å²) in [6.07, 6.45) is 5.45. The fourth-order valence-corrected chi connectivity index (χ4v) is 4.68. The van der Waals surface area contributed by atoms with Crippen LogP contribution in [-0.2, 0) is 29.2 Å². The van der Waals surface area contributed by atoms with Crippen molar-refractivity contribution in [1.29, 1.82) is 0 Å². The lowest BCUT2D eigenvalue weighted by atomic mass is 10.1. The second-order valence-electron chi connectivity index (χ2n) is 9.30. The maximum Gasteiger partial charge on any atom is 0.292 e. The van der Waals surface area contributed by atoms with Gasteiger partial charge in [-0.3, -0.25) is 14.9 Å². The summed E-state index contributed by atoms with van der Waals surface area (Å²) in [6, 6.07) is 17.7. The van der Waals surface area contributed by atoms with Gasteiger partial charge in [-0.15, -0.1) is 0 Å². The first-order valence-electron chi connectivity index (χ1n) is 12.4. The molecule has 1 aromatic heterocycles. The predicted octanol–water partition coefficient (Wildman–Crippen LogP) is 6.59. The van der Waals surface area contributed by atoms with Gasteiger partial charge in [-0.05, 0) is 48.7 Å². The molecule has 4 rings (SSSR count). The fourth-order valence-electron chi connectivity index (χ4n) is 4.15. The van der Waals surface area contributed by atoms with Crippen LogP contribution in [0.4, 0.5) is 11.4 Å². The van der Waals surface area contributed by atoms with Crippen LogP contribution in [0, 0.1) is 24.0 Å². The van der Waals surface area contributed by atoms with Gasteiger partial charge in [0.2, 0.25) is 12.2 Å². The third-order valence-electron chi connectivity index (χ3n) is 6.43. The van der Waals surface area contributed by atoms with Crippen LogP contribution in [0.1, 0.15) is 34.8 Å². The van der Waals surface area contributed by atoms with Crippen LogP contribution in [0.25, 0.3) is 0 Å². The highest BCUT2D eigenvalue weighted by molar-refractivity contribution is 6.35. The van der Waals surface area contributed by atoms with Gasteiger partial charge in [0.25, 0.3) is 5.69 Å². The molecule has 0 aliphatic rings. The molecule has 39 heavy (non-hydrogen) atoms. The van der Waals surface area contributed by atoms with E-state index < -0.39 is 4.92 Å². The largest absolute Gasteiger partial charge is 0.365 e. The smallest absolute Gasteiger partial charge is 0.292 e. The third-order valence-corrected chi connectivity index (χ3v) is 6.99. The number of benzene rings is 3. The minimum atomic E-state index is -0.518. The van der Waals surface area contributed by atoms with Crippen molar-refractivity contribution in [2.75, 3.05) is 5.32 Å². The van der Waals surface area contributed by atoms with Crippen LogP contribution in [0.2, 0.25) is 10.0 Å². The molecule has 0 bridgehead atoms. The van der Waals surface area contributed by atoms with Gasteiger partial charge >= 0.3 is 0 Å². The van der Waals surface area contributed by atoms with Crippen molar-refractivity contribution < 1.29 is 19.0 Å². The Hall–Kier alpha value is -3.72. The number of halogens is 2. The van der Waals surface area contributed by atoms with Crippen LogP contribution < -0.4 is 9.88 Å². The number of hydrogen-bond acceptors (Lipinski definition) is 4. The highest BCUT2D eigenvalue weighted by Crippen LogP contribution is 2.30. The van der Waals surface area contributed by atoms with E-state index >= 15 is 0 Å². The van der Waals surface area contributed by atoms with Crippen LogP contribution in [0.3, 0.4) is 0 Å². The summed E-state index contributed by atoms with van der Waals surface area (Å²) in [6.45, 7) is 5.45. The van der Waals surface area contributed by atoms with Crippen LogP contribution in [0.5, 0.6) is 0 Å². The number of nitro groups is 1. The van der Waals surface area contributed by atoms with Gasteiger partial charge in [0.15, 0.2) is 0 Å². The van der Waals surface area contributed by atoms with E-state index in [4.69, 9.17) is 27.9 Å². The van der Waals surface area contributed by atoms with Crippen LogP contribution in [0.15, 0.2) is 79.4 Å². The van der Waals surface area contributed by atoms with Gasteiger partial charge in [0.05, 0.1) is 24.5 Å². The molecule has 0 fully saturated rings. The molecular weight excluding hydrogens is 539 g/mol. The van der Waals surface area contributed by atoms with E-state index in [-0.39, 0.29) is 29.8 Å². The number of carbonyl (C=O) groups excluding carboxylic acids is 1. The molecule has 0 saturated carbocycles. The summed E-state index contributed by atoms with van der Waals surface area (Å²) in [7, 11) is 0. The first-order chi connectivity index (χ1) is 18.7. The Morgan fingerprint density at radius 3 is 2.64 bits per heavy atom. The number of amides is 1. The first kappa shape index (κ1) is 28.3. The standard InChI is InChI=1S/C29H28Cl2N4O4/c1-20-7-8-22(15-21(20)2)18-39-28(24-10-9-23(30)16-25(24)31)17-34-14-13-33(19-34)12-11-29(36)32-26-5-3-4-6-27(26)35(37)38/h3-10,13-16,19,28H,11-12,17-18H2,1-2H3/p+1. The van der Waals surface area contributed by atoms with Crippen LogP contribution in [-0.4, -0.2) is 15.4 Å². The molecule has 0 aliphatic heterocycles. The lowest BCUT2D eigenvalue weighted by molar-refractivity contribution is -0.704. The second-order valence-corrected chi connectivity index (χ2v) is 10.1. The van der Waals surface area contributed by atoms with E-state index in [2.05, 4.69) is 37.4 Å². The number of ether oxygens (including phenoxy) is 1. The number of aromatic nitrogens is 2. The Labute approximate surface area is 236 Å². The minimum Gasteiger partial charge on any atom is -0.365 e. The zero-order chi connectivity index (χ0) is 27.9. The van der Waals surface area contributed by atoms with Crippen molar-refractivity contribution >= 4 is 40.5 Å². The molecule has 8 nitrogen and oxygen atoms in total. The number of para-hydroxylation sites is 2. The van der Waals surface area contributed by atoms with Gasteiger partial charge in [-0.2, -0.15) is 0 Å². The Bertz CT molecular complexity index is 1490. The quantitative estimate of drug-likeness (QED) is 0.126. The highest BCUT2D eigenvalue weighted by atomic mass is 35.5. The molecule has 1 heterocycles. The zero-order valence-electron chi connectivity index (χ0n) is 21.6. The number of nitrogens with zero attached hydrogens (tertiary/aromatic N) is 3. The number of aryl methyl sites for hydroxylation is 3. The lowest BCUT2D eigenvalue weighted by Gasteiger charge is -2.19. The van der Waals surface area contributed by atoms with Gasteiger partial charge in [0.1, 0.15) is 30.7 Å². The SMILES string of the molecule is Cc1ccc(COC(C[n+]2ccn(CCC(=O)Nc3ccccc3[N+](=O)[O-])c2)c2ccc(Cl)cc2Cl)cc1C. The molecular formula is C29H29Cl2N4O4+. The molecule has 0 radical (unpaired) electrons. The maximum absolute atomic E-state index is 12.5. The molecule has 1 amide bonds. The Balaban J connectivity index is 1.42. The summed E-state index contributed by atoms with van der Waals surface area (Å²) in [5.41, 5.74) is 4.36. The van der Waals surface area contributed by atoms with E-state index in [1.807, 2.05) is 33.9 Å². The second kappa shape index (κ2) is 12.9. The van der Waals surface area contributed by atoms with Crippen molar-refractivity contribution in [3.8, 4) is 0 Å². The maximum atomic E-state index is 12.5. The number of nitrogens with one attached hydrogen (secondary N) is 1. The highest BCUT2D eigenvalue weighted by Gasteiger charge is 2.21. The summed E-state index contributed by atoms with van der Waals surface area (Å²) >= 11 is 12.7. The zero-order valence-corrected chi connectivity index (χ0v) is 23.2. The molecule has 1 unspecified atom stereocenters. The lowest BCUT2D eigenvalue weighted by Crippen LogP contribution is -2.35. The van der Waals surface area contributed by atoms with Crippen LogP contribution >= 0.6 is 23.2 Å². The number of hydrogen-bond donors (Lipinski definition) is 1. The van der Waals surface area contributed by atoms with E-state index in [1.165, 1.54) is 23.3 Å². The molecule has 10 heteroatoms.